The molecule has 0 saturated heterocycles. The van der Waals surface area contributed by atoms with Crippen molar-refractivity contribution in [1.29, 1.82) is 0 Å². The van der Waals surface area contributed by atoms with E-state index in [2.05, 4.69) is 4.90 Å². The van der Waals surface area contributed by atoms with E-state index in [1.165, 1.54) is 24.3 Å². The van der Waals surface area contributed by atoms with Crippen LogP contribution in [0.25, 0.3) is 0 Å². The molecule has 8 heteroatoms. The number of hydrogen-bond donors (Lipinski definition) is 0. The zero-order chi connectivity index (χ0) is 27.5. The van der Waals surface area contributed by atoms with Gasteiger partial charge in [0.05, 0.1) is 11.1 Å². The van der Waals surface area contributed by atoms with Gasteiger partial charge in [0.15, 0.2) is 0 Å². The van der Waals surface area contributed by atoms with E-state index >= 15 is 0 Å². The predicted octanol–water partition coefficient (Wildman–Crippen LogP) is 9.32. The molecule has 0 bridgehead atoms. The van der Waals surface area contributed by atoms with Gasteiger partial charge in [-0.05, 0) is 86.6 Å². The van der Waals surface area contributed by atoms with Crippen LogP contribution in [0.1, 0.15) is 22.3 Å². The van der Waals surface area contributed by atoms with Gasteiger partial charge in [-0.25, -0.2) is 0 Å². The first-order valence-electron chi connectivity index (χ1n) is 11.9. The highest BCUT2D eigenvalue weighted by Gasteiger charge is 2.31. The van der Waals surface area contributed by atoms with Crippen molar-refractivity contribution in [3.63, 3.8) is 0 Å². The number of hydrogen-bond acceptors (Lipinski definition) is 2. The Kier molecular flexibility index (Phi) is 7.71. The van der Waals surface area contributed by atoms with Gasteiger partial charge in [0.1, 0.15) is 0 Å². The molecule has 4 aromatic rings. The molecule has 0 aliphatic rings. The first kappa shape index (κ1) is 27.1. The maximum Gasteiger partial charge on any atom is 0.416 e. The third-order valence-electron chi connectivity index (χ3n) is 6.25. The molecular formula is C30H26F6N2. The summed E-state index contributed by atoms with van der Waals surface area (Å²) in [6.45, 7) is 4.67. The summed E-state index contributed by atoms with van der Waals surface area (Å²) in [6, 6.07) is 25.1. The molecule has 0 fully saturated rings. The molecule has 0 unspecified atom stereocenters. The number of anilines is 4. The van der Waals surface area contributed by atoms with Crippen molar-refractivity contribution in [1.82, 2.24) is 0 Å². The van der Waals surface area contributed by atoms with Crippen LogP contribution >= 0.6 is 0 Å². The lowest BCUT2D eigenvalue weighted by Crippen LogP contribution is -2.30. The topological polar surface area (TPSA) is 6.48 Å². The van der Waals surface area contributed by atoms with E-state index in [4.69, 9.17) is 0 Å². The fraction of sp³-hybridized carbons (Fsp3) is 0.200. The van der Waals surface area contributed by atoms with Crippen molar-refractivity contribution in [3.05, 3.63) is 119 Å². The largest absolute Gasteiger partial charge is 0.416 e. The van der Waals surface area contributed by atoms with Crippen molar-refractivity contribution >= 4 is 22.7 Å². The zero-order valence-electron chi connectivity index (χ0n) is 20.8. The van der Waals surface area contributed by atoms with Crippen molar-refractivity contribution in [3.8, 4) is 0 Å². The molecule has 0 radical (unpaired) electrons. The Bertz CT molecular complexity index is 1220. The normalized spacial score (nSPS) is 11.9. The van der Waals surface area contributed by atoms with Crippen molar-refractivity contribution in [2.75, 3.05) is 22.9 Å². The monoisotopic (exact) mass is 528 g/mol. The summed E-state index contributed by atoms with van der Waals surface area (Å²) >= 11 is 0. The third-order valence-corrected chi connectivity index (χ3v) is 6.25. The first-order chi connectivity index (χ1) is 17.9. The minimum absolute atomic E-state index is 0.290. The molecule has 0 aliphatic carbocycles. The SMILES string of the molecule is Cc1ccc(N(CCN(c2ccc(C(F)(F)F)cc2)c2ccc(C(F)(F)F)cc2)c2ccc(C)cc2)cc1. The van der Waals surface area contributed by atoms with Crippen LogP contribution in [0.15, 0.2) is 97.1 Å². The summed E-state index contributed by atoms with van der Waals surface area (Å²) in [5, 5.41) is 0. The summed E-state index contributed by atoms with van der Waals surface area (Å²) < 4.78 is 79.0. The van der Waals surface area contributed by atoms with Crippen LogP contribution in [0.4, 0.5) is 49.1 Å². The Balaban J connectivity index is 1.70. The molecule has 0 spiro atoms. The van der Waals surface area contributed by atoms with Gasteiger partial charge >= 0.3 is 12.4 Å². The van der Waals surface area contributed by atoms with Gasteiger partial charge < -0.3 is 9.80 Å². The highest BCUT2D eigenvalue weighted by molar-refractivity contribution is 5.67. The smallest absolute Gasteiger partial charge is 0.340 e. The van der Waals surface area contributed by atoms with E-state index in [1.54, 1.807) is 4.90 Å². The third kappa shape index (κ3) is 6.49. The maximum atomic E-state index is 13.2. The lowest BCUT2D eigenvalue weighted by molar-refractivity contribution is -0.138. The van der Waals surface area contributed by atoms with E-state index < -0.39 is 23.5 Å². The van der Waals surface area contributed by atoms with Gasteiger partial charge in [-0.15, -0.1) is 0 Å². The lowest BCUT2D eigenvalue weighted by Gasteiger charge is -2.31. The number of rotatable bonds is 7. The molecule has 0 heterocycles. The summed E-state index contributed by atoms with van der Waals surface area (Å²) in [6.07, 6.45) is -8.99. The second kappa shape index (κ2) is 10.8. The lowest BCUT2D eigenvalue weighted by atomic mass is 10.1. The molecule has 4 aromatic carbocycles. The molecule has 0 aromatic heterocycles. The molecule has 0 saturated carbocycles. The van der Waals surface area contributed by atoms with E-state index in [1.807, 2.05) is 62.4 Å². The summed E-state index contributed by atoms with van der Waals surface area (Å²) in [5.74, 6) is 0. The standard InChI is InChI=1S/C30H26F6N2/c1-21-3-11-25(12-4-21)37(26-13-5-22(2)6-14-26)19-20-38(27-15-7-23(8-16-27)29(31,32)33)28-17-9-24(10-18-28)30(34,35)36/h3-18H,19-20H2,1-2H3. The molecule has 0 N–H and O–H groups in total. The number of halogens is 6. The predicted molar refractivity (Wildman–Crippen MR) is 139 cm³/mol. The highest BCUT2D eigenvalue weighted by atomic mass is 19.4. The van der Waals surface area contributed by atoms with Crippen LogP contribution in [0.3, 0.4) is 0 Å². The van der Waals surface area contributed by atoms with Gasteiger partial charge in [0.25, 0.3) is 0 Å². The molecule has 198 valence electrons. The van der Waals surface area contributed by atoms with Gasteiger partial charge in [-0.2, -0.15) is 26.3 Å². The second-order valence-electron chi connectivity index (χ2n) is 9.06. The average molecular weight is 529 g/mol. The van der Waals surface area contributed by atoms with Gasteiger partial charge in [0, 0.05) is 35.8 Å². The Hall–Kier alpha value is -3.94. The number of alkyl halides is 6. The minimum Gasteiger partial charge on any atom is -0.340 e. The molecule has 0 aliphatic heterocycles. The van der Waals surface area contributed by atoms with Gasteiger partial charge in [-0.1, -0.05) is 35.4 Å². The van der Waals surface area contributed by atoms with Crippen molar-refractivity contribution < 1.29 is 26.3 Å². The summed E-state index contributed by atoms with van der Waals surface area (Å²) in [4.78, 5) is 3.79. The Morgan fingerprint density at radius 2 is 0.658 bits per heavy atom. The summed E-state index contributed by atoms with van der Waals surface area (Å²) in [7, 11) is 0. The maximum absolute atomic E-state index is 13.2. The molecule has 38 heavy (non-hydrogen) atoms. The average Bonchev–Trinajstić information content (AvgIpc) is 2.87. The quantitative estimate of drug-likeness (QED) is 0.221. The molecule has 0 amide bonds. The van der Waals surface area contributed by atoms with E-state index in [0.29, 0.717) is 24.5 Å². The number of benzene rings is 4. The highest BCUT2D eigenvalue weighted by Crippen LogP contribution is 2.35. The molecule has 0 atom stereocenters. The number of nitrogens with zero attached hydrogens (tertiary/aromatic N) is 2. The van der Waals surface area contributed by atoms with E-state index in [0.717, 1.165) is 46.8 Å². The first-order valence-corrected chi connectivity index (χ1v) is 11.9. The Labute approximate surface area is 217 Å². The van der Waals surface area contributed by atoms with Crippen LogP contribution in [0, 0.1) is 13.8 Å². The van der Waals surface area contributed by atoms with Crippen molar-refractivity contribution in [2.45, 2.75) is 26.2 Å². The summed E-state index contributed by atoms with van der Waals surface area (Å²) in [5.41, 5.74) is 3.29. The van der Waals surface area contributed by atoms with Crippen LogP contribution < -0.4 is 9.80 Å². The van der Waals surface area contributed by atoms with Crippen LogP contribution in [0.2, 0.25) is 0 Å². The van der Waals surface area contributed by atoms with Crippen LogP contribution in [0.5, 0.6) is 0 Å². The minimum atomic E-state index is -4.49. The Morgan fingerprint density at radius 3 is 0.895 bits per heavy atom. The van der Waals surface area contributed by atoms with Crippen LogP contribution in [-0.4, -0.2) is 13.1 Å². The van der Waals surface area contributed by atoms with Gasteiger partial charge in [-0.3, -0.25) is 0 Å². The van der Waals surface area contributed by atoms with E-state index in [9.17, 15) is 26.3 Å². The number of aryl methyl sites for hydroxylation is 2. The molecule has 4 rings (SSSR count). The van der Waals surface area contributed by atoms with Gasteiger partial charge in [0.2, 0.25) is 0 Å². The fourth-order valence-corrected chi connectivity index (χ4v) is 4.12. The second-order valence-corrected chi connectivity index (χ2v) is 9.06. The zero-order valence-corrected chi connectivity index (χ0v) is 20.8. The molecular weight excluding hydrogens is 502 g/mol. The molecule has 2 nitrogen and oxygen atoms in total. The van der Waals surface area contributed by atoms with Crippen molar-refractivity contribution in [2.24, 2.45) is 0 Å². The fourth-order valence-electron chi connectivity index (χ4n) is 4.12. The van der Waals surface area contributed by atoms with E-state index in [-0.39, 0.29) is 0 Å². The van der Waals surface area contributed by atoms with Crippen LogP contribution in [-0.2, 0) is 12.4 Å². The Morgan fingerprint density at radius 1 is 0.421 bits per heavy atom.